The molecule has 7 heteroatoms. The van der Waals surface area contributed by atoms with Crippen LogP contribution in [0, 0.1) is 0 Å². The summed E-state index contributed by atoms with van der Waals surface area (Å²) in [5, 5.41) is 4.77. The Bertz CT molecular complexity index is 914. The Morgan fingerprint density at radius 1 is 1.00 bits per heavy atom. The van der Waals surface area contributed by atoms with Gasteiger partial charge < -0.3 is 5.32 Å². The van der Waals surface area contributed by atoms with Gasteiger partial charge in [0.2, 0.25) is 5.91 Å². The zero-order chi connectivity index (χ0) is 19.2. The maximum atomic E-state index is 12.9. The molecule has 1 amide bonds. The Hall–Kier alpha value is -2.41. The summed E-state index contributed by atoms with van der Waals surface area (Å²) in [7, 11) is 0. The fourth-order valence-electron chi connectivity index (χ4n) is 3.87. The van der Waals surface area contributed by atoms with Gasteiger partial charge in [0.05, 0.1) is 5.56 Å². The minimum atomic E-state index is -4.42. The number of halogens is 3. The number of thiophene rings is 1. The predicted molar refractivity (Wildman–Crippen MR) is 95.3 cm³/mol. The molecule has 27 heavy (non-hydrogen) atoms. The minimum Gasteiger partial charge on any atom is -0.329 e. The SMILES string of the molecule is O=C1C[C@H](c2ccc(C(F)(F)F)cc2)C2=C(C[C@H](c3cccs3)CC2=O)N1. The van der Waals surface area contributed by atoms with Crippen molar-refractivity contribution in [2.75, 3.05) is 0 Å². The third-order valence-electron chi connectivity index (χ3n) is 5.12. The second-order valence-corrected chi connectivity index (χ2v) is 7.84. The number of rotatable bonds is 2. The van der Waals surface area contributed by atoms with E-state index in [1.807, 2.05) is 17.5 Å². The number of allylic oxidation sites excluding steroid dienone is 2. The first-order chi connectivity index (χ1) is 12.8. The lowest BCUT2D eigenvalue weighted by Crippen LogP contribution is -2.38. The van der Waals surface area contributed by atoms with Crippen molar-refractivity contribution in [2.24, 2.45) is 0 Å². The van der Waals surface area contributed by atoms with Gasteiger partial charge in [-0.05, 0) is 35.6 Å². The quantitative estimate of drug-likeness (QED) is 0.802. The highest BCUT2D eigenvalue weighted by Gasteiger charge is 2.39. The van der Waals surface area contributed by atoms with Crippen LogP contribution in [0.2, 0.25) is 0 Å². The van der Waals surface area contributed by atoms with E-state index in [1.165, 1.54) is 12.1 Å². The first-order valence-corrected chi connectivity index (χ1v) is 9.47. The van der Waals surface area contributed by atoms with Crippen LogP contribution in [0.15, 0.2) is 53.0 Å². The van der Waals surface area contributed by atoms with Crippen molar-refractivity contribution in [3.05, 3.63) is 69.1 Å². The largest absolute Gasteiger partial charge is 0.416 e. The molecular formula is C20H16F3NO2S. The molecule has 0 unspecified atom stereocenters. The molecule has 2 atom stereocenters. The van der Waals surface area contributed by atoms with E-state index in [0.29, 0.717) is 29.7 Å². The lowest BCUT2D eigenvalue weighted by atomic mass is 9.74. The third-order valence-corrected chi connectivity index (χ3v) is 6.16. The number of nitrogens with one attached hydrogen (secondary N) is 1. The molecule has 1 aliphatic carbocycles. The number of hydrogen-bond acceptors (Lipinski definition) is 3. The third kappa shape index (κ3) is 3.43. The van der Waals surface area contributed by atoms with Gasteiger partial charge in [0.15, 0.2) is 5.78 Å². The Kier molecular flexibility index (Phi) is 4.42. The number of carbonyl (C=O) groups is 2. The second-order valence-electron chi connectivity index (χ2n) is 6.86. The average molecular weight is 391 g/mol. The Morgan fingerprint density at radius 3 is 2.37 bits per heavy atom. The molecule has 2 aromatic rings. The van der Waals surface area contributed by atoms with E-state index >= 15 is 0 Å². The van der Waals surface area contributed by atoms with E-state index < -0.39 is 17.7 Å². The number of Topliss-reactive ketones (excluding diaryl/α,β-unsaturated/α-hetero) is 1. The summed E-state index contributed by atoms with van der Waals surface area (Å²) in [6.07, 6.45) is -3.43. The van der Waals surface area contributed by atoms with E-state index in [0.717, 1.165) is 17.0 Å². The highest BCUT2D eigenvalue weighted by molar-refractivity contribution is 7.10. The van der Waals surface area contributed by atoms with Gasteiger partial charge in [-0.2, -0.15) is 13.2 Å². The number of hydrogen-bond donors (Lipinski definition) is 1. The van der Waals surface area contributed by atoms with Crippen molar-refractivity contribution in [2.45, 2.75) is 37.3 Å². The van der Waals surface area contributed by atoms with Crippen LogP contribution in [0.25, 0.3) is 0 Å². The maximum Gasteiger partial charge on any atom is 0.416 e. The molecule has 2 aliphatic rings. The summed E-state index contributed by atoms with van der Waals surface area (Å²) >= 11 is 1.58. The Morgan fingerprint density at radius 2 is 1.74 bits per heavy atom. The average Bonchev–Trinajstić information content (AvgIpc) is 3.14. The maximum absolute atomic E-state index is 12.9. The van der Waals surface area contributed by atoms with Crippen molar-refractivity contribution in [1.82, 2.24) is 5.32 Å². The van der Waals surface area contributed by atoms with Gasteiger partial charge in [-0.3, -0.25) is 9.59 Å². The van der Waals surface area contributed by atoms with Crippen LogP contribution < -0.4 is 5.32 Å². The minimum absolute atomic E-state index is 0.0305. The van der Waals surface area contributed by atoms with Crippen molar-refractivity contribution >= 4 is 23.0 Å². The highest BCUT2D eigenvalue weighted by Crippen LogP contribution is 2.43. The van der Waals surface area contributed by atoms with Crippen LogP contribution in [-0.4, -0.2) is 11.7 Å². The molecule has 0 saturated carbocycles. The van der Waals surface area contributed by atoms with E-state index in [-0.39, 0.29) is 24.0 Å². The van der Waals surface area contributed by atoms with Gasteiger partial charge in [0.1, 0.15) is 0 Å². The summed E-state index contributed by atoms with van der Waals surface area (Å²) in [4.78, 5) is 26.2. The Balaban J connectivity index is 1.68. The fourth-order valence-corrected chi connectivity index (χ4v) is 4.70. The lowest BCUT2D eigenvalue weighted by molar-refractivity contribution is -0.137. The smallest absolute Gasteiger partial charge is 0.329 e. The monoisotopic (exact) mass is 391 g/mol. The predicted octanol–water partition coefficient (Wildman–Crippen LogP) is 4.77. The topological polar surface area (TPSA) is 46.2 Å². The van der Waals surface area contributed by atoms with Crippen molar-refractivity contribution in [3.63, 3.8) is 0 Å². The first kappa shape index (κ1) is 18.0. The molecule has 1 aromatic heterocycles. The fraction of sp³-hybridized carbons (Fsp3) is 0.300. The molecule has 4 rings (SSSR count). The zero-order valence-corrected chi connectivity index (χ0v) is 15.0. The number of amides is 1. The summed E-state index contributed by atoms with van der Waals surface area (Å²) in [6.45, 7) is 0. The summed E-state index contributed by atoms with van der Waals surface area (Å²) < 4.78 is 38.4. The number of benzene rings is 1. The van der Waals surface area contributed by atoms with Gasteiger partial charge in [0, 0.05) is 40.8 Å². The molecule has 0 bridgehead atoms. The first-order valence-electron chi connectivity index (χ1n) is 8.59. The molecule has 1 N–H and O–H groups in total. The van der Waals surface area contributed by atoms with E-state index in [4.69, 9.17) is 0 Å². The van der Waals surface area contributed by atoms with Crippen LogP contribution in [0.5, 0.6) is 0 Å². The van der Waals surface area contributed by atoms with E-state index in [1.54, 1.807) is 11.3 Å². The van der Waals surface area contributed by atoms with Crippen LogP contribution in [0.4, 0.5) is 13.2 Å². The second kappa shape index (κ2) is 6.64. The van der Waals surface area contributed by atoms with Crippen LogP contribution >= 0.6 is 11.3 Å². The van der Waals surface area contributed by atoms with Crippen LogP contribution in [0.3, 0.4) is 0 Å². The standard InChI is InChI=1S/C20H16F3NO2S/c21-20(22,23)13-5-3-11(4-6-13)14-10-18(26)24-15-8-12(9-16(25)19(14)15)17-2-1-7-27-17/h1-7,12,14H,8-10H2,(H,24,26)/t12-,14+/m0/s1. The number of ketones is 1. The summed E-state index contributed by atoms with van der Waals surface area (Å²) in [5.41, 5.74) is 0.981. The molecule has 1 aromatic carbocycles. The Labute approximate surface area is 157 Å². The van der Waals surface area contributed by atoms with Crippen LogP contribution in [-0.2, 0) is 15.8 Å². The normalized spacial score (nSPS) is 23.2. The van der Waals surface area contributed by atoms with Crippen molar-refractivity contribution < 1.29 is 22.8 Å². The zero-order valence-electron chi connectivity index (χ0n) is 14.2. The molecule has 1 aliphatic heterocycles. The molecule has 3 nitrogen and oxygen atoms in total. The summed E-state index contributed by atoms with van der Waals surface area (Å²) in [5.74, 6) is -0.714. The highest BCUT2D eigenvalue weighted by atomic mass is 32.1. The van der Waals surface area contributed by atoms with Gasteiger partial charge in [-0.1, -0.05) is 18.2 Å². The molecule has 0 fully saturated rings. The summed E-state index contributed by atoms with van der Waals surface area (Å²) in [6, 6.07) is 8.66. The molecule has 2 heterocycles. The van der Waals surface area contributed by atoms with Crippen molar-refractivity contribution in [3.8, 4) is 0 Å². The van der Waals surface area contributed by atoms with Gasteiger partial charge in [0.25, 0.3) is 0 Å². The number of alkyl halides is 3. The van der Waals surface area contributed by atoms with E-state index in [9.17, 15) is 22.8 Å². The van der Waals surface area contributed by atoms with Gasteiger partial charge in [-0.15, -0.1) is 11.3 Å². The molecular weight excluding hydrogens is 375 g/mol. The molecule has 0 spiro atoms. The molecule has 140 valence electrons. The molecule has 0 saturated heterocycles. The van der Waals surface area contributed by atoms with E-state index in [2.05, 4.69) is 5.32 Å². The van der Waals surface area contributed by atoms with Gasteiger partial charge >= 0.3 is 6.18 Å². The van der Waals surface area contributed by atoms with Crippen LogP contribution in [0.1, 0.15) is 47.1 Å². The van der Waals surface area contributed by atoms with Gasteiger partial charge in [-0.25, -0.2) is 0 Å². The molecule has 0 radical (unpaired) electrons. The lowest BCUT2D eigenvalue weighted by Gasteiger charge is -2.34. The number of carbonyl (C=O) groups excluding carboxylic acids is 2. The van der Waals surface area contributed by atoms with Crippen molar-refractivity contribution in [1.29, 1.82) is 0 Å².